The van der Waals surface area contributed by atoms with Crippen LogP contribution in [-0.2, 0) is 28.2 Å². The highest BCUT2D eigenvalue weighted by Crippen LogP contribution is 2.47. The number of carbonyl (C=O) groups is 2. The van der Waals surface area contributed by atoms with Crippen LogP contribution < -0.4 is 4.74 Å². The lowest BCUT2D eigenvalue weighted by Gasteiger charge is -2.33. The molecule has 2 fully saturated rings. The predicted molar refractivity (Wildman–Crippen MR) is 163 cm³/mol. The number of ether oxygens (including phenoxy) is 3. The minimum absolute atomic E-state index is 0.133. The van der Waals surface area contributed by atoms with E-state index < -0.39 is 11.4 Å². The predicted octanol–water partition coefficient (Wildman–Crippen LogP) is 6.27. The Morgan fingerprint density at radius 3 is 2.64 bits per heavy atom. The first kappa shape index (κ1) is 29.0. The van der Waals surface area contributed by atoms with E-state index in [4.69, 9.17) is 30.8 Å². The maximum Gasteiger partial charge on any atom is 0.337 e. The van der Waals surface area contributed by atoms with Crippen molar-refractivity contribution in [3.63, 3.8) is 0 Å². The number of piperidine rings is 1. The third-order valence-electron chi connectivity index (χ3n) is 9.30. The Bertz CT molecular complexity index is 1780. The average molecular weight is 618 g/mol. The number of imidazole rings is 1. The van der Waals surface area contributed by atoms with E-state index in [1.807, 2.05) is 24.3 Å². The zero-order valence-electron chi connectivity index (χ0n) is 24.6. The number of carbonyl (C=O) groups excluding carboxylic acids is 2. The zero-order valence-corrected chi connectivity index (χ0v) is 25.4. The number of hydrogen-bond donors (Lipinski definition) is 0. The molecule has 0 saturated carbocycles. The fourth-order valence-electron chi connectivity index (χ4n) is 6.71. The molecule has 2 unspecified atom stereocenters. The molecule has 0 N–H and O–H groups in total. The molecule has 4 aromatic rings. The molecule has 44 heavy (non-hydrogen) atoms. The van der Waals surface area contributed by atoms with Crippen LogP contribution in [0.15, 0.2) is 54.6 Å². The number of Topliss-reactive ketones (excluding diaryl/α,β-unsaturated/α-hetero) is 1. The van der Waals surface area contributed by atoms with E-state index in [1.165, 1.54) is 19.2 Å². The first-order chi connectivity index (χ1) is 21.2. The molecule has 10 heteroatoms. The largest absolute Gasteiger partial charge is 0.473 e. The summed E-state index contributed by atoms with van der Waals surface area (Å²) in [7, 11) is 1.38. The minimum Gasteiger partial charge on any atom is -0.473 e. The first-order valence-electron chi connectivity index (χ1n) is 15.0. The monoisotopic (exact) mass is 617 g/mol. The summed E-state index contributed by atoms with van der Waals surface area (Å²) < 4.78 is 34.1. The van der Waals surface area contributed by atoms with E-state index in [0.717, 1.165) is 61.4 Å². The number of nitrogens with zero attached hydrogens (tertiary/aromatic N) is 3. The molecule has 3 aliphatic rings. The van der Waals surface area contributed by atoms with Crippen LogP contribution in [0, 0.1) is 5.82 Å². The zero-order chi connectivity index (χ0) is 30.6. The van der Waals surface area contributed by atoms with Crippen LogP contribution in [0.4, 0.5) is 4.39 Å². The van der Waals surface area contributed by atoms with Gasteiger partial charge in [0.05, 0.1) is 48.5 Å². The van der Waals surface area contributed by atoms with Crippen molar-refractivity contribution in [2.24, 2.45) is 0 Å². The summed E-state index contributed by atoms with van der Waals surface area (Å²) in [6.45, 7) is 5.41. The molecule has 0 bridgehead atoms. The Kier molecular flexibility index (Phi) is 7.43. The van der Waals surface area contributed by atoms with Crippen LogP contribution in [0.5, 0.6) is 5.75 Å². The van der Waals surface area contributed by atoms with E-state index in [1.54, 1.807) is 25.1 Å². The summed E-state index contributed by atoms with van der Waals surface area (Å²) in [5.74, 6) is 0.490. The molecule has 3 aliphatic heterocycles. The molecular weight excluding hydrogens is 585 g/mol. The number of benzene rings is 3. The molecule has 0 radical (unpaired) electrons. The SMILES string of the molecule is COC(=O)c1ccc2nc(CN3CCC(c4cccc5c4OC(C)(c4ccc(Cl)cc4F)C5=O)CC3)n(CC3CCO3)c2c1. The van der Waals surface area contributed by atoms with Crippen molar-refractivity contribution < 1.29 is 28.2 Å². The number of halogens is 2. The maximum atomic E-state index is 14.9. The van der Waals surface area contributed by atoms with Gasteiger partial charge >= 0.3 is 5.97 Å². The number of para-hydroxylation sites is 1. The molecule has 8 nitrogen and oxygen atoms in total. The van der Waals surface area contributed by atoms with Gasteiger partial charge in [-0.2, -0.15) is 0 Å². The van der Waals surface area contributed by atoms with E-state index >= 15 is 0 Å². The smallest absolute Gasteiger partial charge is 0.337 e. The van der Waals surface area contributed by atoms with Crippen molar-refractivity contribution in [3.8, 4) is 5.75 Å². The molecule has 0 aliphatic carbocycles. The average Bonchev–Trinajstić information content (AvgIpc) is 3.47. The number of methoxy groups -OCH3 is 1. The highest BCUT2D eigenvalue weighted by atomic mass is 35.5. The quantitative estimate of drug-likeness (QED) is 0.226. The summed E-state index contributed by atoms with van der Waals surface area (Å²) in [6.07, 6.45) is 2.88. The first-order valence-corrected chi connectivity index (χ1v) is 15.4. The Labute approximate surface area is 259 Å². The number of aromatic nitrogens is 2. The number of likely N-dealkylation sites (tertiary alicyclic amines) is 1. The van der Waals surface area contributed by atoms with Gasteiger partial charge in [-0.05, 0) is 87.2 Å². The van der Waals surface area contributed by atoms with Crippen LogP contribution in [0.25, 0.3) is 11.0 Å². The molecule has 0 spiro atoms. The van der Waals surface area contributed by atoms with Crippen LogP contribution in [0.2, 0.25) is 5.02 Å². The Morgan fingerprint density at radius 1 is 1.14 bits per heavy atom. The molecule has 2 atom stereocenters. The van der Waals surface area contributed by atoms with Crippen molar-refractivity contribution in [2.75, 3.05) is 26.8 Å². The van der Waals surface area contributed by atoms with E-state index in [2.05, 4.69) is 9.47 Å². The lowest BCUT2D eigenvalue weighted by Crippen LogP contribution is -2.35. The van der Waals surface area contributed by atoms with Gasteiger partial charge in [-0.1, -0.05) is 29.8 Å². The van der Waals surface area contributed by atoms with E-state index in [-0.39, 0.29) is 34.4 Å². The third kappa shape index (κ3) is 4.97. The minimum atomic E-state index is -1.45. The summed E-state index contributed by atoms with van der Waals surface area (Å²) in [4.78, 5) is 33.1. The van der Waals surface area contributed by atoms with Crippen molar-refractivity contribution in [3.05, 3.63) is 93.5 Å². The van der Waals surface area contributed by atoms with Gasteiger partial charge in [0.25, 0.3) is 0 Å². The molecule has 7 rings (SSSR count). The fourth-order valence-corrected chi connectivity index (χ4v) is 6.87. The number of esters is 1. The standard InChI is InChI=1S/C34H33ClFN3O5/c1-34(26-8-7-22(35)17-27(26)36)32(40)25-5-3-4-24(31(25)44-34)20-10-13-38(14-11-20)19-30-37-28-9-6-21(33(41)42-2)16-29(28)39(30)18-23-12-15-43-23/h3-9,16-17,20,23H,10-15,18-19H2,1-2H3. The van der Waals surface area contributed by atoms with Gasteiger partial charge in [0.1, 0.15) is 17.4 Å². The van der Waals surface area contributed by atoms with Gasteiger partial charge in [-0.3, -0.25) is 9.69 Å². The van der Waals surface area contributed by atoms with Crippen LogP contribution in [0.1, 0.15) is 69.8 Å². The molecule has 1 aromatic heterocycles. The summed E-state index contributed by atoms with van der Waals surface area (Å²) >= 11 is 5.97. The third-order valence-corrected chi connectivity index (χ3v) is 9.53. The molecule has 3 aromatic carbocycles. The van der Waals surface area contributed by atoms with Gasteiger partial charge in [0.15, 0.2) is 5.60 Å². The second kappa shape index (κ2) is 11.3. The fraction of sp³-hybridized carbons (Fsp3) is 0.382. The number of fused-ring (bicyclic) bond motifs is 2. The highest BCUT2D eigenvalue weighted by molar-refractivity contribution is 6.30. The van der Waals surface area contributed by atoms with Crippen molar-refractivity contribution in [1.29, 1.82) is 0 Å². The topological polar surface area (TPSA) is 82.9 Å². The summed E-state index contributed by atoms with van der Waals surface area (Å²) in [6, 6.07) is 15.5. The second-order valence-corrected chi connectivity index (χ2v) is 12.4. The van der Waals surface area contributed by atoms with Gasteiger partial charge in [-0.15, -0.1) is 0 Å². The van der Waals surface area contributed by atoms with Crippen molar-refractivity contribution >= 4 is 34.4 Å². The number of rotatable bonds is 7. The summed E-state index contributed by atoms with van der Waals surface area (Å²) in [5.41, 5.74) is 2.43. The van der Waals surface area contributed by atoms with E-state index in [9.17, 15) is 14.0 Å². The van der Waals surface area contributed by atoms with Crippen molar-refractivity contribution in [2.45, 2.75) is 56.9 Å². The Hall–Kier alpha value is -3.79. The van der Waals surface area contributed by atoms with Gasteiger partial charge in [0.2, 0.25) is 5.78 Å². The summed E-state index contributed by atoms with van der Waals surface area (Å²) in [5, 5.41) is 0.267. The molecule has 4 heterocycles. The Morgan fingerprint density at radius 2 is 1.93 bits per heavy atom. The molecule has 0 amide bonds. The number of hydrogen-bond acceptors (Lipinski definition) is 7. The highest BCUT2D eigenvalue weighted by Gasteiger charge is 2.48. The number of ketones is 1. The lowest BCUT2D eigenvalue weighted by atomic mass is 9.86. The lowest BCUT2D eigenvalue weighted by molar-refractivity contribution is -0.0592. The Balaban J connectivity index is 1.10. The van der Waals surface area contributed by atoms with Gasteiger partial charge in [-0.25, -0.2) is 14.2 Å². The van der Waals surface area contributed by atoms with Crippen molar-refractivity contribution in [1.82, 2.24) is 14.5 Å². The molecule has 2 saturated heterocycles. The molecule has 228 valence electrons. The maximum absolute atomic E-state index is 14.9. The van der Waals surface area contributed by atoms with Crippen LogP contribution in [-0.4, -0.2) is 59.1 Å². The second-order valence-electron chi connectivity index (χ2n) is 12.0. The van der Waals surface area contributed by atoms with Gasteiger partial charge in [0, 0.05) is 17.2 Å². The van der Waals surface area contributed by atoms with Gasteiger partial charge < -0.3 is 18.8 Å². The molecular formula is C34H33ClFN3O5. The van der Waals surface area contributed by atoms with E-state index in [0.29, 0.717) is 30.0 Å². The van der Waals surface area contributed by atoms with Crippen LogP contribution >= 0.6 is 11.6 Å². The normalized spacial score (nSPS) is 22.1. The van der Waals surface area contributed by atoms with Crippen LogP contribution in [0.3, 0.4) is 0 Å².